The molecule has 1 unspecified atom stereocenters. The van der Waals surface area contributed by atoms with Crippen molar-refractivity contribution in [3.63, 3.8) is 0 Å². The predicted octanol–water partition coefficient (Wildman–Crippen LogP) is 3.94. The lowest BCUT2D eigenvalue weighted by Crippen LogP contribution is -2.34. The molecule has 3 rings (SSSR count). The van der Waals surface area contributed by atoms with Crippen molar-refractivity contribution in [2.24, 2.45) is 0 Å². The largest absolute Gasteiger partial charge is 0.443 e. The molecule has 0 spiro atoms. The topological polar surface area (TPSA) is 75.7 Å². The maximum absolute atomic E-state index is 12.2. The second-order valence-electron chi connectivity index (χ2n) is 6.76. The Labute approximate surface area is 152 Å². The molecule has 1 N–H and O–H groups in total. The molecule has 1 heterocycles. The molecular formula is C20H22N2O4. The molecule has 2 aliphatic rings. The summed E-state index contributed by atoms with van der Waals surface area (Å²) in [6.07, 6.45) is 10.8. The number of nitrogens with one attached hydrogen (secondary N) is 1. The Morgan fingerprint density at radius 3 is 2.38 bits per heavy atom. The monoisotopic (exact) mass is 354 g/mol. The van der Waals surface area contributed by atoms with Crippen LogP contribution < -0.4 is 10.2 Å². The molecule has 6 nitrogen and oxygen atoms in total. The highest BCUT2D eigenvalue weighted by Crippen LogP contribution is 2.28. The minimum Gasteiger partial charge on any atom is -0.443 e. The highest BCUT2D eigenvalue weighted by Gasteiger charge is 2.28. The van der Waals surface area contributed by atoms with Gasteiger partial charge in [0.2, 0.25) is 0 Å². The summed E-state index contributed by atoms with van der Waals surface area (Å²) in [4.78, 5) is 36.7. The van der Waals surface area contributed by atoms with E-state index in [-0.39, 0.29) is 11.8 Å². The number of rotatable bonds is 3. The van der Waals surface area contributed by atoms with Crippen LogP contribution in [0.2, 0.25) is 0 Å². The van der Waals surface area contributed by atoms with Gasteiger partial charge in [0.05, 0.1) is 5.69 Å². The number of hydrogen-bond acceptors (Lipinski definition) is 4. The van der Waals surface area contributed by atoms with Gasteiger partial charge in [0.15, 0.2) is 0 Å². The van der Waals surface area contributed by atoms with E-state index < -0.39 is 11.7 Å². The molecule has 1 aliphatic carbocycles. The number of imide groups is 1. The predicted molar refractivity (Wildman–Crippen MR) is 98.8 cm³/mol. The maximum Gasteiger partial charge on any atom is 0.412 e. The van der Waals surface area contributed by atoms with E-state index in [1.165, 1.54) is 12.2 Å². The smallest absolute Gasteiger partial charge is 0.412 e. The third-order valence-corrected chi connectivity index (χ3v) is 4.60. The van der Waals surface area contributed by atoms with Crippen LogP contribution in [0.1, 0.15) is 39.0 Å². The molecule has 1 atom stereocenters. The van der Waals surface area contributed by atoms with Crippen LogP contribution in [-0.2, 0) is 14.3 Å². The first-order chi connectivity index (χ1) is 12.5. The lowest BCUT2D eigenvalue weighted by atomic mass is 9.91. The van der Waals surface area contributed by atoms with Crippen molar-refractivity contribution in [3.05, 3.63) is 48.6 Å². The first-order valence-corrected chi connectivity index (χ1v) is 8.78. The summed E-state index contributed by atoms with van der Waals surface area (Å²) in [5.74, 6) is -0.747. The number of anilines is 2. The van der Waals surface area contributed by atoms with Crippen molar-refractivity contribution in [2.45, 2.75) is 44.6 Å². The van der Waals surface area contributed by atoms with Crippen LogP contribution >= 0.6 is 0 Å². The fraction of sp³-hybridized carbons (Fsp3) is 0.350. The van der Waals surface area contributed by atoms with Gasteiger partial charge in [-0.15, -0.1) is 0 Å². The van der Waals surface area contributed by atoms with Gasteiger partial charge < -0.3 is 4.74 Å². The van der Waals surface area contributed by atoms with E-state index in [4.69, 9.17) is 4.74 Å². The van der Waals surface area contributed by atoms with Crippen molar-refractivity contribution >= 4 is 29.3 Å². The van der Waals surface area contributed by atoms with Crippen LogP contribution in [0.25, 0.3) is 0 Å². The van der Waals surface area contributed by atoms with Gasteiger partial charge >= 0.3 is 6.09 Å². The fourth-order valence-corrected chi connectivity index (χ4v) is 3.16. The number of hydrogen-bond donors (Lipinski definition) is 1. The number of carbonyl (C=O) groups is 3. The molecule has 0 radical (unpaired) electrons. The molecule has 0 aromatic heterocycles. The average Bonchev–Trinajstić information content (AvgIpc) is 2.91. The summed E-state index contributed by atoms with van der Waals surface area (Å²) in [5.41, 5.74) is 0.525. The van der Waals surface area contributed by atoms with E-state index in [1.807, 2.05) is 6.92 Å². The van der Waals surface area contributed by atoms with Crippen molar-refractivity contribution in [1.82, 2.24) is 0 Å². The Kier molecular flexibility index (Phi) is 5.21. The molecular weight excluding hydrogens is 332 g/mol. The molecule has 6 heteroatoms. The Bertz CT molecular complexity index is 749. The third-order valence-electron chi connectivity index (χ3n) is 4.60. The van der Waals surface area contributed by atoms with E-state index >= 15 is 0 Å². The number of nitrogens with zero attached hydrogens (tertiary/aromatic N) is 1. The first kappa shape index (κ1) is 17.9. The lowest BCUT2D eigenvalue weighted by Gasteiger charge is -2.30. The number of allylic oxidation sites excluding steroid dienone is 2. The number of carbonyl (C=O) groups excluding carboxylic acids is 3. The van der Waals surface area contributed by atoms with Crippen LogP contribution in [0.3, 0.4) is 0 Å². The minimum absolute atomic E-state index is 0.374. The summed E-state index contributed by atoms with van der Waals surface area (Å²) in [6.45, 7) is 1.96. The normalized spacial score (nSPS) is 22.9. The SMILES string of the molecule is CC1(OC(=O)Nc2ccc(N3C(=O)C=CC3=O)cc2)CCC=CCCC1. The molecule has 0 bridgehead atoms. The van der Waals surface area contributed by atoms with Gasteiger partial charge in [0.25, 0.3) is 11.8 Å². The van der Waals surface area contributed by atoms with Gasteiger partial charge in [-0.05, 0) is 63.3 Å². The molecule has 1 aromatic rings. The van der Waals surface area contributed by atoms with Crippen LogP contribution in [0.4, 0.5) is 16.2 Å². The molecule has 0 fully saturated rings. The standard InChI is InChI=1S/C20H22N2O4/c1-20(13-5-3-2-4-6-14-20)26-19(25)21-15-7-9-16(10-8-15)22-17(23)11-12-18(22)24/h2-3,7-12H,4-6,13-14H2,1H3,(H,21,25). The summed E-state index contributed by atoms with van der Waals surface area (Å²) in [7, 11) is 0. The summed E-state index contributed by atoms with van der Waals surface area (Å²) >= 11 is 0. The van der Waals surface area contributed by atoms with E-state index in [1.54, 1.807) is 24.3 Å². The van der Waals surface area contributed by atoms with E-state index in [2.05, 4.69) is 17.5 Å². The Morgan fingerprint density at radius 2 is 1.69 bits per heavy atom. The molecule has 1 aliphatic heterocycles. The van der Waals surface area contributed by atoms with Gasteiger partial charge in [-0.2, -0.15) is 0 Å². The number of ether oxygens (including phenoxy) is 1. The second kappa shape index (κ2) is 7.56. The van der Waals surface area contributed by atoms with E-state index in [0.29, 0.717) is 11.4 Å². The van der Waals surface area contributed by atoms with Crippen LogP contribution in [-0.4, -0.2) is 23.5 Å². The van der Waals surface area contributed by atoms with Crippen LogP contribution in [0.5, 0.6) is 0 Å². The lowest BCUT2D eigenvalue weighted by molar-refractivity contribution is -0.119. The Morgan fingerprint density at radius 1 is 1.04 bits per heavy atom. The number of benzene rings is 1. The molecule has 1 aromatic carbocycles. The Balaban J connectivity index is 1.60. The fourth-order valence-electron chi connectivity index (χ4n) is 3.16. The molecule has 0 saturated heterocycles. The average molecular weight is 354 g/mol. The van der Waals surface area contributed by atoms with Gasteiger partial charge in [0, 0.05) is 17.8 Å². The molecule has 136 valence electrons. The van der Waals surface area contributed by atoms with Gasteiger partial charge in [0.1, 0.15) is 5.60 Å². The van der Waals surface area contributed by atoms with Gasteiger partial charge in [-0.1, -0.05) is 12.2 Å². The van der Waals surface area contributed by atoms with Gasteiger partial charge in [-0.3, -0.25) is 14.9 Å². The summed E-state index contributed by atoms with van der Waals surface area (Å²) in [5, 5.41) is 2.71. The Hall–Kier alpha value is -2.89. The van der Waals surface area contributed by atoms with Crippen molar-refractivity contribution in [2.75, 3.05) is 10.2 Å². The van der Waals surface area contributed by atoms with Crippen molar-refractivity contribution in [3.8, 4) is 0 Å². The molecule has 3 amide bonds. The third kappa shape index (κ3) is 4.20. The maximum atomic E-state index is 12.2. The van der Waals surface area contributed by atoms with Crippen LogP contribution in [0, 0.1) is 0 Å². The highest BCUT2D eigenvalue weighted by molar-refractivity contribution is 6.28. The zero-order valence-corrected chi connectivity index (χ0v) is 14.7. The second-order valence-corrected chi connectivity index (χ2v) is 6.76. The van der Waals surface area contributed by atoms with Crippen molar-refractivity contribution < 1.29 is 19.1 Å². The van der Waals surface area contributed by atoms with Gasteiger partial charge in [-0.25, -0.2) is 9.69 Å². The van der Waals surface area contributed by atoms with E-state index in [0.717, 1.165) is 37.0 Å². The first-order valence-electron chi connectivity index (χ1n) is 8.78. The summed E-state index contributed by atoms with van der Waals surface area (Å²) < 4.78 is 5.67. The van der Waals surface area contributed by atoms with Crippen LogP contribution in [0.15, 0.2) is 48.6 Å². The quantitative estimate of drug-likeness (QED) is 0.659. The van der Waals surface area contributed by atoms with E-state index in [9.17, 15) is 14.4 Å². The minimum atomic E-state index is -0.500. The van der Waals surface area contributed by atoms with Crippen molar-refractivity contribution in [1.29, 1.82) is 0 Å². The number of amides is 3. The molecule has 0 saturated carbocycles. The zero-order chi connectivity index (χ0) is 18.6. The molecule has 26 heavy (non-hydrogen) atoms. The highest BCUT2D eigenvalue weighted by atomic mass is 16.6. The summed E-state index contributed by atoms with van der Waals surface area (Å²) in [6, 6.07) is 6.50. The zero-order valence-electron chi connectivity index (χ0n) is 14.7.